The Bertz CT molecular complexity index is 744. The normalized spacial score (nSPS) is 17.0. The molecule has 0 unspecified atom stereocenters. The van der Waals surface area contributed by atoms with Crippen molar-refractivity contribution >= 4 is 23.7 Å². The number of carbonyl (C=O) groups excluding carboxylic acids is 3. The molecule has 0 atom stereocenters. The van der Waals surface area contributed by atoms with Gasteiger partial charge in [-0.1, -0.05) is 0 Å². The molecule has 0 aliphatic carbocycles. The van der Waals surface area contributed by atoms with Crippen molar-refractivity contribution < 1.29 is 23.5 Å². The van der Waals surface area contributed by atoms with Gasteiger partial charge in [0, 0.05) is 58.0 Å². The summed E-state index contributed by atoms with van der Waals surface area (Å²) in [7, 11) is 0. The third-order valence-electron chi connectivity index (χ3n) is 5.31. The smallest absolute Gasteiger partial charge is 0.409 e. The zero-order valence-electron chi connectivity index (χ0n) is 17.2. The Labute approximate surface area is 175 Å². The molecule has 0 spiro atoms. The van der Waals surface area contributed by atoms with Crippen molar-refractivity contribution in [3.05, 3.63) is 30.1 Å². The van der Waals surface area contributed by atoms with Crippen molar-refractivity contribution in [2.45, 2.75) is 6.92 Å². The highest BCUT2D eigenvalue weighted by atomic mass is 19.1. The lowest BCUT2D eigenvalue weighted by Crippen LogP contribution is -2.55. The van der Waals surface area contributed by atoms with Gasteiger partial charge in [-0.05, 0) is 31.2 Å². The molecule has 2 fully saturated rings. The molecule has 2 saturated heterocycles. The fourth-order valence-electron chi connectivity index (χ4n) is 3.55. The van der Waals surface area contributed by atoms with Crippen LogP contribution in [-0.2, 0) is 9.53 Å². The van der Waals surface area contributed by atoms with Crippen LogP contribution in [-0.4, -0.2) is 98.2 Å². The summed E-state index contributed by atoms with van der Waals surface area (Å²) in [6.45, 7) is 6.01. The number of halogens is 1. The molecule has 9 nitrogen and oxygen atoms in total. The maximum Gasteiger partial charge on any atom is 0.409 e. The summed E-state index contributed by atoms with van der Waals surface area (Å²) in [6.07, 6.45) is -0.363. The van der Waals surface area contributed by atoms with Crippen LogP contribution >= 0.6 is 0 Å². The fraction of sp³-hybridized carbons (Fsp3) is 0.550. The maximum absolute atomic E-state index is 13.1. The molecular formula is C20H28FN5O4. The number of hydrogen-bond acceptors (Lipinski definition) is 5. The highest BCUT2D eigenvalue weighted by Gasteiger charge is 2.26. The number of nitrogens with zero attached hydrogens (tertiary/aromatic N) is 4. The van der Waals surface area contributed by atoms with Gasteiger partial charge in [-0.25, -0.2) is 14.0 Å². The third kappa shape index (κ3) is 5.52. The van der Waals surface area contributed by atoms with Crippen LogP contribution in [0.5, 0.6) is 0 Å². The van der Waals surface area contributed by atoms with Gasteiger partial charge in [0.05, 0.1) is 13.2 Å². The summed E-state index contributed by atoms with van der Waals surface area (Å²) in [5, 5.41) is 2.69. The summed E-state index contributed by atoms with van der Waals surface area (Å²) >= 11 is 0. The molecule has 0 radical (unpaired) electrons. The van der Waals surface area contributed by atoms with Gasteiger partial charge in [0.1, 0.15) is 5.82 Å². The molecule has 164 valence electrons. The Balaban J connectivity index is 1.37. The van der Waals surface area contributed by atoms with Gasteiger partial charge < -0.3 is 29.7 Å². The number of hydrogen-bond donors (Lipinski definition) is 1. The minimum absolute atomic E-state index is 0.0730. The van der Waals surface area contributed by atoms with E-state index in [4.69, 9.17) is 4.74 Å². The summed E-state index contributed by atoms with van der Waals surface area (Å²) in [5.74, 6) is -0.444. The predicted octanol–water partition coefficient (Wildman–Crippen LogP) is 0.958. The van der Waals surface area contributed by atoms with Crippen molar-refractivity contribution in [2.24, 2.45) is 0 Å². The highest BCUT2D eigenvalue weighted by Crippen LogP contribution is 2.16. The van der Waals surface area contributed by atoms with Crippen LogP contribution in [0.15, 0.2) is 24.3 Å². The lowest BCUT2D eigenvalue weighted by molar-refractivity contribution is -0.131. The summed E-state index contributed by atoms with van der Waals surface area (Å²) < 4.78 is 18.0. The number of piperazine rings is 2. The van der Waals surface area contributed by atoms with E-state index in [1.165, 1.54) is 12.1 Å². The first-order chi connectivity index (χ1) is 14.5. The molecule has 30 heavy (non-hydrogen) atoms. The molecule has 3 rings (SSSR count). The molecule has 4 amide bonds. The first-order valence-electron chi connectivity index (χ1n) is 10.2. The topological polar surface area (TPSA) is 85.4 Å². The number of rotatable bonds is 4. The second kappa shape index (κ2) is 10.1. The number of anilines is 1. The minimum atomic E-state index is -0.363. The van der Waals surface area contributed by atoms with E-state index in [1.54, 1.807) is 33.8 Å². The van der Waals surface area contributed by atoms with Crippen LogP contribution < -0.4 is 10.2 Å². The Kier molecular flexibility index (Phi) is 7.31. The van der Waals surface area contributed by atoms with Gasteiger partial charge in [-0.15, -0.1) is 0 Å². The van der Waals surface area contributed by atoms with E-state index >= 15 is 0 Å². The van der Waals surface area contributed by atoms with E-state index in [1.807, 2.05) is 0 Å². The van der Waals surface area contributed by atoms with Crippen LogP contribution in [0.2, 0.25) is 0 Å². The third-order valence-corrected chi connectivity index (χ3v) is 5.31. The molecule has 2 aliphatic rings. The molecule has 10 heteroatoms. The second-order valence-electron chi connectivity index (χ2n) is 7.18. The minimum Gasteiger partial charge on any atom is -0.450 e. The van der Waals surface area contributed by atoms with Crippen molar-refractivity contribution in [3.8, 4) is 0 Å². The Morgan fingerprint density at radius 2 is 1.47 bits per heavy atom. The largest absolute Gasteiger partial charge is 0.450 e. The van der Waals surface area contributed by atoms with E-state index in [-0.39, 0.29) is 30.4 Å². The van der Waals surface area contributed by atoms with Crippen molar-refractivity contribution in [1.82, 2.24) is 20.0 Å². The molecule has 1 aromatic rings. The average Bonchev–Trinajstić information content (AvgIpc) is 2.78. The highest BCUT2D eigenvalue weighted by molar-refractivity contribution is 5.84. The van der Waals surface area contributed by atoms with E-state index in [2.05, 4.69) is 10.2 Å². The van der Waals surface area contributed by atoms with Crippen molar-refractivity contribution in [1.29, 1.82) is 0 Å². The Morgan fingerprint density at radius 3 is 2.07 bits per heavy atom. The zero-order valence-corrected chi connectivity index (χ0v) is 17.2. The summed E-state index contributed by atoms with van der Waals surface area (Å²) in [6, 6.07) is 6.03. The molecule has 1 N–H and O–H groups in total. The molecule has 0 bridgehead atoms. The van der Waals surface area contributed by atoms with Crippen LogP contribution in [0.4, 0.5) is 19.7 Å². The van der Waals surface area contributed by atoms with E-state index in [0.29, 0.717) is 59.0 Å². The van der Waals surface area contributed by atoms with Crippen molar-refractivity contribution in [3.63, 3.8) is 0 Å². The first kappa shape index (κ1) is 21.7. The van der Waals surface area contributed by atoms with Crippen LogP contribution in [0.1, 0.15) is 6.92 Å². The quantitative estimate of drug-likeness (QED) is 0.783. The van der Waals surface area contributed by atoms with Gasteiger partial charge in [0.15, 0.2) is 0 Å². The van der Waals surface area contributed by atoms with Crippen LogP contribution in [0.3, 0.4) is 0 Å². The number of urea groups is 1. The number of ether oxygens (including phenoxy) is 1. The Morgan fingerprint density at radius 1 is 0.900 bits per heavy atom. The zero-order chi connectivity index (χ0) is 21.5. The Hall–Kier alpha value is -3.04. The predicted molar refractivity (Wildman–Crippen MR) is 109 cm³/mol. The van der Waals surface area contributed by atoms with E-state index < -0.39 is 0 Å². The maximum atomic E-state index is 13.1. The van der Waals surface area contributed by atoms with Crippen molar-refractivity contribution in [2.75, 3.05) is 70.4 Å². The molecule has 0 aromatic heterocycles. The van der Waals surface area contributed by atoms with E-state index in [0.717, 1.165) is 5.69 Å². The van der Waals surface area contributed by atoms with Crippen LogP contribution in [0, 0.1) is 5.82 Å². The number of benzene rings is 1. The van der Waals surface area contributed by atoms with Gasteiger partial charge in [0.25, 0.3) is 0 Å². The standard InChI is InChI=1S/C20H28FN5O4/c1-2-30-20(29)26-13-9-24(10-14-26)18(27)15-22-19(28)25-11-7-23(8-12-25)17-5-3-16(21)4-6-17/h3-6H,2,7-15H2,1H3,(H,22,28). The number of nitrogens with one attached hydrogen (secondary N) is 1. The molecule has 0 saturated carbocycles. The SMILES string of the molecule is CCOC(=O)N1CCN(C(=O)CNC(=O)N2CCN(c3ccc(F)cc3)CC2)CC1. The van der Waals surface area contributed by atoms with Gasteiger partial charge in [-0.2, -0.15) is 0 Å². The summed E-state index contributed by atoms with van der Waals surface area (Å²) in [5.41, 5.74) is 0.925. The molecule has 2 aliphatic heterocycles. The van der Waals surface area contributed by atoms with Gasteiger partial charge >= 0.3 is 12.1 Å². The monoisotopic (exact) mass is 421 g/mol. The van der Waals surface area contributed by atoms with Crippen LogP contribution in [0.25, 0.3) is 0 Å². The number of amides is 4. The summed E-state index contributed by atoms with van der Waals surface area (Å²) in [4.78, 5) is 43.5. The number of carbonyl (C=O) groups is 3. The second-order valence-corrected chi connectivity index (χ2v) is 7.18. The van der Waals surface area contributed by atoms with Gasteiger partial charge in [-0.3, -0.25) is 4.79 Å². The molecular weight excluding hydrogens is 393 g/mol. The van der Waals surface area contributed by atoms with E-state index in [9.17, 15) is 18.8 Å². The van der Waals surface area contributed by atoms with Gasteiger partial charge in [0.2, 0.25) is 5.91 Å². The first-order valence-corrected chi connectivity index (χ1v) is 10.2. The lowest BCUT2D eigenvalue weighted by atomic mass is 10.2. The molecule has 1 aromatic carbocycles. The average molecular weight is 421 g/mol. The fourth-order valence-corrected chi connectivity index (χ4v) is 3.55. The molecule has 2 heterocycles. The lowest BCUT2D eigenvalue weighted by Gasteiger charge is -2.36.